The van der Waals surface area contributed by atoms with Crippen LogP contribution in [0.2, 0.25) is 0 Å². The SMILES string of the molecule is Cc1ccc2cc1CNC(=O)C(c1cnn(Cc3ccccc3)c1)NC(=O)CCC(=O)N1CCCC(CCO2)C1. The van der Waals surface area contributed by atoms with Crippen molar-refractivity contribution in [3.63, 3.8) is 0 Å². The van der Waals surface area contributed by atoms with Crippen molar-refractivity contribution in [3.05, 3.63) is 83.2 Å². The monoisotopic (exact) mass is 543 g/mol. The Labute approximate surface area is 234 Å². The number of benzene rings is 2. The van der Waals surface area contributed by atoms with E-state index in [2.05, 4.69) is 15.7 Å². The van der Waals surface area contributed by atoms with Gasteiger partial charge in [-0.3, -0.25) is 19.1 Å². The molecule has 1 fully saturated rings. The summed E-state index contributed by atoms with van der Waals surface area (Å²) >= 11 is 0. The summed E-state index contributed by atoms with van der Waals surface area (Å²) in [4.78, 5) is 41.3. The van der Waals surface area contributed by atoms with Crippen molar-refractivity contribution in [1.82, 2.24) is 25.3 Å². The Balaban J connectivity index is 1.37. The lowest BCUT2D eigenvalue weighted by atomic mass is 9.95. The van der Waals surface area contributed by atoms with Gasteiger partial charge in [-0.1, -0.05) is 36.4 Å². The third kappa shape index (κ3) is 7.08. The van der Waals surface area contributed by atoms with Gasteiger partial charge >= 0.3 is 0 Å². The number of amides is 3. The lowest BCUT2D eigenvalue weighted by Gasteiger charge is -2.33. The smallest absolute Gasteiger partial charge is 0.247 e. The van der Waals surface area contributed by atoms with Gasteiger partial charge in [0.05, 0.1) is 19.3 Å². The van der Waals surface area contributed by atoms with Gasteiger partial charge in [0, 0.05) is 44.2 Å². The van der Waals surface area contributed by atoms with E-state index in [0.717, 1.165) is 41.7 Å². The summed E-state index contributed by atoms with van der Waals surface area (Å²) in [5, 5.41) is 10.3. The van der Waals surface area contributed by atoms with Crippen LogP contribution in [0, 0.1) is 12.8 Å². The minimum Gasteiger partial charge on any atom is -0.494 e. The highest BCUT2D eigenvalue weighted by Crippen LogP contribution is 2.23. The summed E-state index contributed by atoms with van der Waals surface area (Å²) in [5.41, 5.74) is 3.65. The van der Waals surface area contributed by atoms with E-state index in [9.17, 15) is 14.4 Å². The van der Waals surface area contributed by atoms with Crippen molar-refractivity contribution in [3.8, 4) is 5.75 Å². The van der Waals surface area contributed by atoms with Gasteiger partial charge in [-0.15, -0.1) is 0 Å². The maximum atomic E-state index is 13.5. The zero-order chi connectivity index (χ0) is 27.9. The molecule has 1 saturated heterocycles. The van der Waals surface area contributed by atoms with E-state index in [0.29, 0.717) is 44.3 Å². The van der Waals surface area contributed by atoms with Crippen molar-refractivity contribution in [2.24, 2.45) is 5.92 Å². The van der Waals surface area contributed by atoms with Crippen molar-refractivity contribution >= 4 is 17.7 Å². The van der Waals surface area contributed by atoms with Gasteiger partial charge in [-0.05, 0) is 60.9 Å². The topological polar surface area (TPSA) is 106 Å². The second-order valence-corrected chi connectivity index (χ2v) is 10.7. The van der Waals surface area contributed by atoms with Crippen LogP contribution in [0.5, 0.6) is 5.75 Å². The van der Waals surface area contributed by atoms with Gasteiger partial charge in [0.2, 0.25) is 17.7 Å². The quantitative estimate of drug-likeness (QED) is 0.526. The zero-order valence-corrected chi connectivity index (χ0v) is 23.0. The van der Waals surface area contributed by atoms with Crippen LogP contribution in [-0.4, -0.2) is 52.1 Å². The predicted octanol–water partition coefficient (Wildman–Crippen LogP) is 3.51. The molecule has 0 radical (unpaired) electrons. The molecule has 2 unspecified atom stereocenters. The molecule has 2 aliphatic rings. The highest BCUT2D eigenvalue weighted by atomic mass is 16.5. The second kappa shape index (κ2) is 12.8. The minimum absolute atomic E-state index is 0.0200. The standard InChI is InChI=1S/C31H37N5O4/c1-22-9-10-27-16-25(22)17-32-31(39)30(26-18-33-36(21-26)20-23-6-3-2-4-7-23)34-28(37)11-12-29(38)35-14-5-8-24(19-35)13-15-40-27/h2-4,6-7,9-10,16,18,21,24,30H,5,8,11-15,17,19-20H2,1H3,(H,32,39)(H,34,37). The fourth-order valence-electron chi connectivity index (χ4n) is 5.38. The first-order valence-corrected chi connectivity index (χ1v) is 14.1. The molecular weight excluding hydrogens is 506 g/mol. The summed E-state index contributed by atoms with van der Waals surface area (Å²) in [7, 11) is 0. The number of carbonyl (C=O) groups is 3. The van der Waals surface area contributed by atoms with Crippen LogP contribution in [-0.2, 0) is 27.5 Å². The van der Waals surface area contributed by atoms with Crippen LogP contribution >= 0.6 is 0 Å². The molecule has 2 atom stereocenters. The molecule has 0 spiro atoms. The molecule has 3 amide bonds. The molecule has 4 bridgehead atoms. The molecule has 2 aromatic carbocycles. The number of nitrogens with zero attached hydrogens (tertiary/aromatic N) is 3. The van der Waals surface area contributed by atoms with Gasteiger partial charge in [0.25, 0.3) is 0 Å². The molecule has 9 heteroatoms. The highest BCUT2D eigenvalue weighted by Gasteiger charge is 2.27. The Morgan fingerprint density at radius 1 is 1.05 bits per heavy atom. The highest BCUT2D eigenvalue weighted by molar-refractivity contribution is 5.90. The first kappa shape index (κ1) is 27.4. The van der Waals surface area contributed by atoms with Crippen LogP contribution < -0.4 is 15.4 Å². The van der Waals surface area contributed by atoms with Crippen LogP contribution in [0.4, 0.5) is 0 Å². The van der Waals surface area contributed by atoms with Gasteiger partial charge in [0.15, 0.2) is 0 Å². The normalized spacial score (nSPS) is 21.0. The molecule has 2 N–H and O–H groups in total. The fourth-order valence-corrected chi connectivity index (χ4v) is 5.38. The van der Waals surface area contributed by atoms with Crippen LogP contribution in [0.3, 0.4) is 0 Å². The Kier molecular flexibility index (Phi) is 8.78. The van der Waals surface area contributed by atoms with E-state index in [1.54, 1.807) is 17.1 Å². The van der Waals surface area contributed by atoms with Crippen LogP contribution in [0.1, 0.15) is 60.4 Å². The molecule has 3 heterocycles. The molecule has 40 heavy (non-hydrogen) atoms. The van der Waals surface area contributed by atoms with E-state index >= 15 is 0 Å². The van der Waals surface area contributed by atoms with Crippen molar-refractivity contribution in [2.45, 2.75) is 58.2 Å². The third-order valence-corrected chi connectivity index (χ3v) is 7.75. The Morgan fingerprint density at radius 3 is 2.75 bits per heavy atom. The van der Waals surface area contributed by atoms with Crippen molar-refractivity contribution in [1.29, 1.82) is 0 Å². The number of aromatic nitrogens is 2. The van der Waals surface area contributed by atoms with Gasteiger partial charge < -0.3 is 20.3 Å². The molecule has 5 rings (SSSR count). The van der Waals surface area contributed by atoms with Gasteiger partial charge in [0.1, 0.15) is 11.8 Å². The van der Waals surface area contributed by atoms with Crippen LogP contribution in [0.25, 0.3) is 0 Å². The van der Waals surface area contributed by atoms with E-state index < -0.39 is 6.04 Å². The van der Waals surface area contributed by atoms with Gasteiger partial charge in [-0.2, -0.15) is 5.10 Å². The number of carbonyl (C=O) groups excluding carboxylic acids is 3. The Bertz CT molecular complexity index is 1340. The number of fused-ring (bicyclic) bond motifs is 4. The minimum atomic E-state index is -0.940. The number of rotatable bonds is 3. The van der Waals surface area contributed by atoms with E-state index in [1.165, 1.54) is 0 Å². The first-order valence-electron chi connectivity index (χ1n) is 14.1. The lowest BCUT2D eigenvalue weighted by molar-refractivity contribution is -0.135. The summed E-state index contributed by atoms with van der Waals surface area (Å²) in [6.45, 7) is 4.80. The fraction of sp³-hybridized carbons (Fsp3) is 0.419. The molecule has 1 aromatic heterocycles. The molecule has 3 aromatic rings. The molecule has 9 nitrogen and oxygen atoms in total. The van der Waals surface area contributed by atoms with E-state index in [-0.39, 0.29) is 30.6 Å². The Morgan fingerprint density at radius 2 is 1.90 bits per heavy atom. The number of hydrogen-bond donors (Lipinski definition) is 2. The predicted molar refractivity (Wildman–Crippen MR) is 150 cm³/mol. The average Bonchev–Trinajstić information content (AvgIpc) is 3.42. The molecule has 0 saturated carbocycles. The van der Waals surface area contributed by atoms with Gasteiger partial charge in [-0.25, -0.2) is 0 Å². The molecule has 2 aliphatic heterocycles. The number of piperidine rings is 1. The number of hydrogen-bond acceptors (Lipinski definition) is 5. The number of nitrogens with one attached hydrogen (secondary N) is 2. The van der Waals surface area contributed by atoms with Crippen LogP contribution in [0.15, 0.2) is 60.9 Å². The number of aryl methyl sites for hydroxylation is 1. The molecular formula is C31H37N5O4. The maximum Gasteiger partial charge on any atom is 0.247 e. The number of ether oxygens (including phenoxy) is 1. The summed E-state index contributed by atoms with van der Waals surface area (Å²) in [5.74, 6) is 0.426. The molecule has 0 aliphatic carbocycles. The third-order valence-electron chi connectivity index (χ3n) is 7.75. The average molecular weight is 544 g/mol. The Hall–Kier alpha value is -4.14. The zero-order valence-electron chi connectivity index (χ0n) is 23.0. The maximum absolute atomic E-state index is 13.5. The summed E-state index contributed by atoms with van der Waals surface area (Å²) in [6, 6.07) is 14.9. The molecule has 210 valence electrons. The first-order chi connectivity index (χ1) is 19.4. The summed E-state index contributed by atoms with van der Waals surface area (Å²) in [6.07, 6.45) is 6.40. The van der Waals surface area contributed by atoms with Crippen molar-refractivity contribution in [2.75, 3.05) is 19.7 Å². The summed E-state index contributed by atoms with van der Waals surface area (Å²) < 4.78 is 7.81. The van der Waals surface area contributed by atoms with E-state index in [1.807, 2.05) is 60.4 Å². The second-order valence-electron chi connectivity index (χ2n) is 10.7. The van der Waals surface area contributed by atoms with E-state index in [4.69, 9.17) is 4.74 Å². The largest absolute Gasteiger partial charge is 0.494 e. The van der Waals surface area contributed by atoms with Crippen molar-refractivity contribution < 1.29 is 19.1 Å². The lowest BCUT2D eigenvalue weighted by Crippen LogP contribution is -2.42.